The first-order valence-corrected chi connectivity index (χ1v) is 6.32. The summed E-state index contributed by atoms with van der Waals surface area (Å²) >= 11 is 2.23. The maximum atomic E-state index is 5.42. The molecule has 1 heterocycles. The van der Waals surface area contributed by atoms with Gasteiger partial charge in [0.15, 0.2) is 0 Å². The summed E-state index contributed by atoms with van der Waals surface area (Å²) in [6.07, 6.45) is 8.12. The standard InChI is InChI=1S/C10H17IN4/c11-9-7-13-8-15-10(9)14-6-4-2-1-3-5-12/h7-8H,1-6,12H2,(H,13,14,15). The quantitative estimate of drug-likeness (QED) is 0.596. The van der Waals surface area contributed by atoms with Crippen molar-refractivity contribution in [3.8, 4) is 0 Å². The van der Waals surface area contributed by atoms with Crippen LogP contribution in [0.15, 0.2) is 12.5 Å². The summed E-state index contributed by atoms with van der Waals surface area (Å²) in [5.41, 5.74) is 5.42. The topological polar surface area (TPSA) is 63.8 Å². The Hall–Kier alpha value is -0.430. The third-order valence-corrected chi connectivity index (χ3v) is 2.88. The maximum absolute atomic E-state index is 5.42. The van der Waals surface area contributed by atoms with E-state index in [0.717, 1.165) is 28.9 Å². The van der Waals surface area contributed by atoms with Crippen molar-refractivity contribution in [2.45, 2.75) is 25.7 Å². The van der Waals surface area contributed by atoms with Crippen LogP contribution in [0.1, 0.15) is 25.7 Å². The van der Waals surface area contributed by atoms with Gasteiger partial charge in [0.05, 0.1) is 3.57 Å². The fraction of sp³-hybridized carbons (Fsp3) is 0.600. The van der Waals surface area contributed by atoms with Gasteiger partial charge in [0.2, 0.25) is 0 Å². The summed E-state index contributed by atoms with van der Waals surface area (Å²) in [6, 6.07) is 0. The zero-order valence-electron chi connectivity index (χ0n) is 8.75. The number of halogens is 1. The van der Waals surface area contributed by atoms with Crippen LogP contribution < -0.4 is 11.1 Å². The molecule has 4 nitrogen and oxygen atoms in total. The van der Waals surface area contributed by atoms with Gasteiger partial charge in [0.25, 0.3) is 0 Å². The minimum atomic E-state index is 0.803. The van der Waals surface area contributed by atoms with Crippen molar-refractivity contribution in [1.82, 2.24) is 9.97 Å². The number of unbranched alkanes of at least 4 members (excludes halogenated alkanes) is 3. The second-order valence-corrected chi connectivity index (χ2v) is 4.51. The lowest BCUT2D eigenvalue weighted by molar-refractivity contribution is 0.660. The third kappa shape index (κ3) is 5.27. The largest absolute Gasteiger partial charge is 0.369 e. The summed E-state index contributed by atoms with van der Waals surface area (Å²) in [5, 5.41) is 3.30. The molecule has 84 valence electrons. The lowest BCUT2D eigenvalue weighted by Gasteiger charge is -2.06. The van der Waals surface area contributed by atoms with Crippen molar-refractivity contribution in [3.05, 3.63) is 16.1 Å². The zero-order chi connectivity index (χ0) is 10.9. The summed E-state index contributed by atoms with van der Waals surface area (Å²) in [7, 11) is 0. The summed E-state index contributed by atoms with van der Waals surface area (Å²) in [5.74, 6) is 0.935. The minimum absolute atomic E-state index is 0.803. The van der Waals surface area contributed by atoms with Crippen LogP contribution in [-0.4, -0.2) is 23.1 Å². The van der Waals surface area contributed by atoms with Gasteiger partial charge in [-0.2, -0.15) is 0 Å². The predicted octanol–water partition coefficient (Wildman–Crippen LogP) is 2.01. The molecule has 0 unspecified atom stereocenters. The number of nitrogens with one attached hydrogen (secondary N) is 1. The zero-order valence-corrected chi connectivity index (χ0v) is 10.9. The summed E-state index contributed by atoms with van der Waals surface area (Å²) in [6.45, 7) is 1.77. The van der Waals surface area contributed by atoms with Crippen LogP contribution in [0.3, 0.4) is 0 Å². The number of aromatic nitrogens is 2. The van der Waals surface area contributed by atoms with Crippen molar-refractivity contribution in [1.29, 1.82) is 0 Å². The lowest BCUT2D eigenvalue weighted by Crippen LogP contribution is -2.05. The molecule has 0 radical (unpaired) electrons. The molecule has 1 aromatic heterocycles. The lowest BCUT2D eigenvalue weighted by atomic mass is 10.2. The first kappa shape index (κ1) is 12.6. The number of anilines is 1. The molecule has 0 bridgehead atoms. The second kappa shape index (κ2) is 7.81. The molecule has 15 heavy (non-hydrogen) atoms. The van der Waals surface area contributed by atoms with Crippen LogP contribution in [0.2, 0.25) is 0 Å². The normalized spacial score (nSPS) is 10.3. The van der Waals surface area contributed by atoms with Crippen molar-refractivity contribution in [2.75, 3.05) is 18.4 Å². The first-order valence-electron chi connectivity index (χ1n) is 5.24. The highest BCUT2D eigenvalue weighted by molar-refractivity contribution is 14.1. The van der Waals surface area contributed by atoms with Crippen LogP contribution in [0, 0.1) is 3.57 Å². The highest BCUT2D eigenvalue weighted by Crippen LogP contribution is 2.12. The molecule has 0 aliphatic heterocycles. The Labute approximate surface area is 104 Å². The smallest absolute Gasteiger partial charge is 0.142 e. The van der Waals surface area contributed by atoms with E-state index in [9.17, 15) is 0 Å². The number of nitrogens with zero attached hydrogens (tertiary/aromatic N) is 2. The second-order valence-electron chi connectivity index (χ2n) is 3.35. The van der Waals surface area contributed by atoms with Crippen molar-refractivity contribution in [3.63, 3.8) is 0 Å². The Kier molecular flexibility index (Phi) is 6.58. The molecule has 3 N–H and O–H groups in total. The average molecular weight is 320 g/mol. The van der Waals surface area contributed by atoms with E-state index in [2.05, 4.69) is 37.9 Å². The van der Waals surface area contributed by atoms with E-state index < -0.39 is 0 Å². The molecule has 0 atom stereocenters. The fourth-order valence-electron chi connectivity index (χ4n) is 1.27. The van der Waals surface area contributed by atoms with Crippen molar-refractivity contribution >= 4 is 28.4 Å². The molecular weight excluding hydrogens is 303 g/mol. The van der Waals surface area contributed by atoms with E-state index >= 15 is 0 Å². The molecule has 0 saturated carbocycles. The van der Waals surface area contributed by atoms with Crippen LogP contribution in [0.4, 0.5) is 5.82 Å². The van der Waals surface area contributed by atoms with E-state index in [1.54, 1.807) is 6.33 Å². The molecule has 0 fully saturated rings. The van der Waals surface area contributed by atoms with E-state index in [1.165, 1.54) is 19.3 Å². The molecule has 1 aromatic rings. The molecule has 0 amide bonds. The molecule has 0 aliphatic rings. The van der Waals surface area contributed by atoms with Crippen molar-refractivity contribution < 1.29 is 0 Å². The Morgan fingerprint density at radius 3 is 2.80 bits per heavy atom. The molecule has 0 aromatic carbocycles. The third-order valence-electron chi connectivity index (χ3n) is 2.09. The van der Waals surface area contributed by atoms with Gasteiger partial charge in [-0.15, -0.1) is 0 Å². The van der Waals surface area contributed by atoms with Gasteiger partial charge >= 0.3 is 0 Å². The van der Waals surface area contributed by atoms with Gasteiger partial charge < -0.3 is 11.1 Å². The van der Waals surface area contributed by atoms with Crippen molar-refractivity contribution in [2.24, 2.45) is 5.73 Å². The molecule has 0 aliphatic carbocycles. The Morgan fingerprint density at radius 2 is 2.07 bits per heavy atom. The van der Waals surface area contributed by atoms with E-state index in [-0.39, 0.29) is 0 Å². The maximum Gasteiger partial charge on any atom is 0.142 e. The van der Waals surface area contributed by atoms with E-state index in [4.69, 9.17) is 5.73 Å². The number of hydrogen-bond donors (Lipinski definition) is 2. The monoisotopic (exact) mass is 320 g/mol. The van der Waals surface area contributed by atoms with Crippen LogP contribution >= 0.6 is 22.6 Å². The van der Waals surface area contributed by atoms with Gasteiger partial charge in [-0.1, -0.05) is 12.8 Å². The minimum Gasteiger partial charge on any atom is -0.369 e. The number of nitrogens with two attached hydrogens (primary N) is 1. The van der Waals surface area contributed by atoms with Crippen LogP contribution in [0.25, 0.3) is 0 Å². The van der Waals surface area contributed by atoms with Gasteiger partial charge in [-0.05, 0) is 42.0 Å². The average Bonchev–Trinajstić information content (AvgIpc) is 2.25. The molecule has 5 heteroatoms. The van der Waals surface area contributed by atoms with Crippen LogP contribution in [-0.2, 0) is 0 Å². The highest BCUT2D eigenvalue weighted by Gasteiger charge is 1.98. The van der Waals surface area contributed by atoms with Gasteiger partial charge in [-0.3, -0.25) is 0 Å². The predicted molar refractivity (Wildman–Crippen MR) is 70.8 cm³/mol. The Bertz CT molecular complexity index is 280. The van der Waals surface area contributed by atoms with Gasteiger partial charge in [-0.25, -0.2) is 9.97 Å². The number of rotatable bonds is 7. The van der Waals surface area contributed by atoms with Gasteiger partial charge in [0, 0.05) is 12.7 Å². The van der Waals surface area contributed by atoms with E-state index in [0.29, 0.717) is 0 Å². The fourth-order valence-corrected chi connectivity index (χ4v) is 1.76. The Balaban J connectivity index is 2.12. The SMILES string of the molecule is NCCCCCCNc1ncncc1I. The number of hydrogen-bond acceptors (Lipinski definition) is 4. The van der Waals surface area contributed by atoms with E-state index in [1.807, 2.05) is 6.20 Å². The molecule has 1 rings (SSSR count). The first-order chi connectivity index (χ1) is 7.34. The molecule has 0 spiro atoms. The highest BCUT2D eigenvalue weighted by atomic mass is 127. The summed E-state index contributed by atoms with van der Waals surface area (Å²) < 4.78 is 1.07. The van der Waals surface area contributed by atoms with Gasteiger partial charge in [0.1, 0.15) is 12.1 Å². The molecule has 0 saturated heterocycles. The van der Waals surface area contributed by atoms with Crippen LogP contribution in [0.5, 0.6) is 0 Å². The summed E-state index contributed by atoms with van der Waals surface area (Å²) in [4.78, 5) is 8.10. The molecular formula is C10H17IN4. The Morgan fingerprint density at radius 1 is 1.27 bits per heavy atom.